The third kappa shape index (κ3) is 2.65. The molecule has 0 amide bonds. The molecule has 0 saturated carbocycles. The molecule has 106 valence electrons. The monoisotopic (exact) mass is 281 g/mol. The largest absolute Gasteiger partial charge is 0.397 e. The Morgan fingerprint density at radius 1 is 1.14 bits per heavy atom. The van der Waals surface area contributed by atoms with Crippen LogP contribution < -0.4 is 11.1 Å². The summed E-state index contributed by atoms with van der Waals surface area (Å²) >= 11 is 0. The minimum absolute atomic E-state index is 0.0443. The molecule has 1 atom stereocenters. The summed E-state index contributed by atoms with van der Waals surface area (Å²) in [5.41, 5.74) is 9.42. The predicted molar refractivity (Wildman–Crippen MR) is 84.6 cm³/mol. The van der Waals surface area contributed by atoms with E-state index in [1.54, 1.807) is 12.3 Å². The molecule has 3 aromatic rings. The Bertz CT molecular complexity index is 786. The molecule has 0 saturated heterocycles. The molecule has 0 radical (unpaired) electrons. The Hall–Kier alpha value is -2.62. The van der Waals surface area contributed by atoms with Gasteiger partial charge in [0.2, 0.25) is 0 Å². The first-order valence-electron chi connectivity index (χ1n) is 6.80. The van der Waals surface area contributed by atoms with Crippen LogP contribution in [-0.4, -0.2) is 4.98 Å². The molecule has 0 spiro atoms. The van der Waals surface area contributed by atoms with Crippen molar-refractivity contribution >= 4 is 22.3 Å². The number of hydrogen-bond donors (Lipinski definition) is 2. The first kappa shape index (κ1) is 13.4. The second-order valence-electron chi connectivity index (χ2n) is 5.02. The van der Waals surface area contributed by atoms with Crippen LogP contribution in [-0.2, 0) is 0 Å². The van der Waals surface area contributed by atoms with Gasteiger partial charge >= 0.3 is 0 Å². The summed E-state index contributed by atoms with van der Waals surface area (Å²) in [6, 6.07) is 14.1. The minimum atomic E-state index is -0.239. The van der Waals surface area contributed by atoms with E-state index in [9.17, 15) is 4.39 Å². The highest BCUT2D eigenvalue weighted by molar-refractivity contribution is 5.96. The highest BCUT2D eigenvalue weighted by Gasteiger charge is 2.10. The minimum Gasteiger partial charge on any atom is -0.397 e. The summed E-state index contributed by atoms with van der Waals surface area (Å²) in [6.07, 6.45) is 1.74. The molecule has 2 aromatic carbocycles. The first-order chi connectivity index (χ1) is 10.1. The number of pyridine rings is 1. The first-order valence-corrected chi connectivity index (χ1v) is 6.80. The Morgan fingerprint density at radius 2 is 2.00 bits per heavy atom. The SMILES string of the molecule is CC(Nc1ccc2ncccc2c1N)c1cccc(F)c1. The number of nitrogens with one attached hydrogen (secondary N) is 1. The molecule has 0 aliphatic carbocycles. The van der Waals surface area contributed by atoms with E-state index >= 15 is 0 Å². The Morgan fingerprint density at radius 3 is 2.81 bits per heavy atom. The van der Waals surface area contributed by atoms with Crippen molar-refractivity contribution < 1.29 is 4.39 Å². The molecule has 3 N–H and O–H groups in total. The van der Waals surface area contributed by atoms with Crippen molar-refractivity contribution in [1.82, 2.24) is 4.98 Å². The average Bonchev–Trinajstić information content (AvgIpc) is 2.50. The van der Waals surface area contributed by atoms with E-state index in [1.807, 2.05) is 37.3 Å². The molecule has 1 unspecified atom stereocenters. The molecule has 3 rings (SSSR count). The molecular weight excluding hydrogens is 265 g/mol. The van der Waals surface area contributed by atoms with Gasteiger partial charge in [0.05, 0.1) is 16.9 Å². The summed E-state index contributed by atoms with van der Waals surface area (Å²) in [5, 5.41) is 4.24. The van der Waals surface area contributed by atoms with Crippen LogP contribution in [0, 0.1) is 5.82 Å². The van der Waals surface area contributed by atoms with Gasteiger partial charge in [0.25, 0.3) is 0 Å². The normalized spacial score (nSPS) is 12.3. The zero-order chi connectivity index (χ0) is 14.8. The zero-order valence-electron chi connectivity index (χ0n) is 11.7. The van der Waals surface area contributed by atoms with Crippen LogP contribution in [0.25, 0.3) is 10.9 Å². The number of fused-ring (bicyclic) bond motifs is 1. The van der Waals surface area contributed by atoms with E-state index in [4.69, 9.17) is 5.73 Å². The van der Waals surface area contributed by atoms with Crippen molar-refractivity contribution in [3.05, 3.63) is 66.1 Å². The molecule has 0 aliphatic heterocycles. The van der Waals surface area contributed by atoms with Crippen molar-refractivity contribution in [3.8, 4) is 0 Å². The van der Waals surface area contributed by atoms with Crippen LogP contribution in [0.3, 0.4) is 0 Å². The molecular formula is C17H16FN3. The summed E-state index contributed by atoms with van der Waals surface area (Å²) < 4.78 is 13.3. The van der Waals surface area contributed by atoms with E-state index in [1.165, 1.54) is 12.1 Å². The zero-order valence-corrected chi connectivity index (χ0v) is 11.7. The Balaban J connectivity index is 1.93. The quantitative estimate of drug-likeness (QED) is 0.710. The molecule has 21 heavy (non-hydrogen) atoms. The number of aromatic nitrogens is 1. The molecule has 4 heteroatoms. The van der Waals surface area contributed by atoms with Gasteiger partial charge in [-0.25, -0.2) is 4.39 Å². The fraction of sp³-hybridized carbons (Fsp3) is 0.118. The van der Waals surface area contributed by atoms with Crippen molar-refractivity contribution in [1.29, 1.82) is 0 Å². The number of rotatable bonds is 3. The predicted octanol–water partition coefficient (Wildman–Crippen LogP) is 4.13. The van der Waals surface area contributed by atoms with Crippen LogP contribution in [0.1, 0.15) is 18.5 Å². The van der Waals surface area contributed by atoms with Crippen molar-refractivity contribution in [2.24, 2.45) is 0 Å². The van der Waals surface area contributed by atoms with E-state index < -0.39 is 0 Å². The van der Waals surface area contributed by atoms with Gasteiger partial charge in [-0.05, 0) is 48.9 Å². The van der Waals surface area contributed by atoms with Gasteiger partial charge in [-0.1, -0.05) is 12.1 Å². The highest BCUT2D eigenvalue weighted by atomic mass is 19.1. The lowest BCUT2D eigenvalue weighted by Gasteiger charge is -2.18. The Labute approximate surface area is 122 Å². The summed E-state index contributed by atoms with van der Waals surface area (Å²) in [4.78, 5) is 4.27. The average molecular weight is 281 g/mol. The number of halogens is 1. The third-order valence-corrected chi connectivity index (χ3v) is 3.55. The smallest absolute Gasteiger partial charge is 0.123 e. The second kappa shape index (κ2) is 5.40. The summed E-state index contributed by atoms with van der Waals surface area (Å²) in [5.74, 6) is -0.239. The van der Waals surface area contributed by atoms with E-state index in [0.717, 1.165) is 22.2 Å². The van der Waals surface area contributed by atoms with Crippen LogP contribution in [0.2, 0.25) is 0 Å². The number of nitrogens with two attached hydrogens (primary N) is 1. The molecule has 0 fully saturated rings. The fourth-order valence-electron chi connectivity index (χ4n) is 2.39. The summed E-state index contributed by atoms with van der Waals surface area (Å²) in [6.45, 7) is 1.97. The topological polar surface area (TPSA) is 50.9 Å². The maximum Gasteiger partial charge on any atom is 0.123 e. The molecule has 0 aliphatic rings. The Kier molecular flexibility index (Phi) is 3.44. The van der Waals surface area contributed by atoms with Crippen LogP contribution >= 0.6 is 0 Å². The highest BCUT2D eigenvalue weighted by Crippen LogP contribution is 2.30. The van der Waals surface area contributed by atoms with Crippen molar-refractivity contribution in [2.75, 3.05) is 11.1 Å². The van der Waals surface area contributed by atoms with Gasteiger partial charge in [0.1, 0.15) is 5.82 Å². The molecule has 1 aromatic heterocycles. The van der Waals surface area contributed by atoms with Gasteiger partial charge in [-0.3, -0.25) is 4.98 Å². The van der Waals surface area contributed by atoms with Gasteiger partial charge in [0, 0.05) is 17.6 Å². The number of nitrogen functional groups attached to an aromatic ring is 1. The van der Waals surface area contributed by atoms with Gasteiger partial charge in [0.15, 0.2) is 0 Å². The maximum absolute atomic E-state index is 13.3. The van der Waals surface area contributed by atoms with E-state index in [2.05, 4.69) is 10.3 Å². The van der Waals surface area contributed by atoms with Crippen molar-refractivity contribution in [2.45, 2.75) is 13.0 Å². The third-order valence-electron chi connectivity index (χ3n) is 3.55. The second-order valence-corrected chi connectivity index (χ2v) is 5.02. The van der Waals surface area contributed by atoms with E-state index in [0.29, 0.717) is 5.69 Å². The standard InChI is InChI=1S/C17H16FN3/c1-11(12-4-2-5-13(18)10-12)21-16-8-7-15-14(17(16)19)6-3-9-20-15/h2-11,21H,19H2,1H3. The molecule has 1 heterocycles. The van der Waals surface area contributed by atoms with Gasteiger partial charge in [-0.2, -0.15) is 0 Å². The van der Waals surface area contributed by atoms with Crippen molar-refractivity contribution in [3.63, 3.8) is 0 Å². The number of nitrogens with zero attached hydrogens (tertiary/aromatic N) is 1. The van der Waals surface area contributed by atoms with Crippen LogP contribution in [0.15, 0.2) is 54.7 Å². The van der Waals surface area contributed by atoms with Gasteiger partial charge in [-0.15, -0.1) is 0 Å². The lowest BCUT2D eigenvalue weighted by Crippen LogP contribution is -2.09. The number of hydrogen-bond acceptors (Lipinski definition) is 3. The van der Waals surface area contributed by atoms with Crippen LogP contribution in [0.4, 0.5) is 15.8 Å². The van der Waals surface area contributed by atoms with Gasteiger partial charge < -0.3 is 11.1 Å². The maximum atomic E-state index is 13.3. The lowest BCUT2D eigenvalue weighted by atomic mass is 10.1. The van der Waals surface area contributed by atoms with E-state index in [-0.39, 0.29) is 11.9 Å². The van der Waals surface area contributed by atoms with Crippen LogP contribution in [0.5, 0.6) is 0 Å². The summed E-state index contributed by atoms with van der Waals surface area (Å²) in [7, 11) is 0. The molecule has 3 nitrogen and oxygen atoms in total. The lowest BCUT2D eigenvalue weighted by molar-refractivity contribution is 0.623. The number of benzene rings is 2. The fourth-order valence-corrected chi connectivity index (χ4v) is 2.39. The molecule has 0 bridgehead atoms. The number of anilines is 2.